The zero-order valence-corrected chi connectivity index (χ0v) is 33.4. The van der Waals surface area contributed by atoms with Gasteiger partial charge in [-0.2, -0.15) is 0 Å². The van der Waals surface area contributed by atoms with Crippen molar-refractivity contribution in [2.45, 2.75) is 116 Å². The van der Waals surface area contributed by atoms with Crippen LogP contribution in [0.2, 0.25) is 5.02 Å². The van der Waals surface area contributed by atoms with Gasteiger partial charge < -0.3 is 44.7 Å². The fourth-order valence-electron chi connectivity index (χ4n) is 6.45. The molecule has 3 aromatic rings. The third kappa shape index (κ3) is 11.4. The number of aromatic nitrogens is 4. The summed E-state index contributed by atoms with van der Waals surface area (Å²) in [6, 6.07) is 6.15. The number of alkyl carbamates (subject to hydrolysis) is 1. The molecule has 0 bridgehead atoms. The van der Waals surface area contributed by atoms with Crippen LogP contribution in [0.1, 0.15) is 73.6 Å². The van der Waals surface area contributed by atoms with Crippen molar-refractivity contribution in [2.24, 2.45) is 0 Å². The zero-order valence-electron chi connectivity index (χ0n) is 32.7. The number of nitrogen functional groups attached to an aromatic ring is 1. The summed E-state index contributed by atoms with van der Waals surface area (Å²) in [5, 5.41) is 13.2. The van der Waals surface area contributed by atoms with E-state index in [0.29, 0.717) is 35.7 Å². The SMILES string of the molecule is CC(C)(C)OC(=O)N[C@H](CCN(CCN(CCc1ccc(Cl)cc1)C(=O)OC(C)(C)C)C[C@H]1O[C@@H](n2cnc3c(N)ncnc32)[C@@H]2OC(C)(C)O[C@@H]21)C(=O)O. The first-order valence-electron chi connectivity index (χ1n) is 18.3. The fourth-order valence-corrected chi connectivity index (χ4v) is 6.58. The van der Waals surface area contributed by atoms with E-state index in [4.69, 9.17) is 41.0 Å². The summed E-state index contributed by atoms with van der Waals surface area (Å²) >= 11 is 6.10. The van der Waals surface area contributed by atoms with Crippen LogP contribution in [0.4, 0.5) is 15.4 Å². The summed E-state index contributed by atoms with van der Waals surface area (Å²) in [6.45, 7) is 15.4. The number of benzene rings is 1. The maximum atomic E-state index is 13.5. The molecule has 2 aliphatic rings. The lowest BCUT2D eigenvalue weighted by Gasteiger charge is -2.32. The van der Waals surface area contributed by atoms with Gasteiger partial charge in [0, 0.05) is 37.7 Å². The quantitative estimate of drug-likeness (QED) is 0.204. The summed E-state index contributed by atoms with van der Waals surface area (Å²) in [4.78, 5) is 55.0. The standard InChI is InChI=1S/C37H53ClN8O9/c1-35(2,3)54-33(49)43-24(32(47)48)14-15-44(17-18-45(34(50)55-36(4,5)6)16-13-22-9-11-23(38)12-10-22)19-25-27-28(53-37(7,8)52-27)31(51-25)46-21-42-26-29(39)40-20-41-30(26)46/h9-12,20-21,24-25,27-28,31H,13-19H2,1-8H3,(H,43,49)(H,47,48)(H2,39,40,41)/t24-,25-,27-,28-,31-/m1/s1. The maximum Gasteiger partial charge on any atom is 0.410 e. The molecule has 1 aromatic carbocycles. The molecule has 2 aromatic heterocycles. The van der Waals surface area contributed by atoms with Gasteiger partial charge in [-0.25, -0.2) is 29.3 Å². The van der Waals surface area contributed by atoms with Crippen molar-refractivity contribution in [1.82, 2.24) is 34.6 Å². The van der Waals surface area contributed by atoms with Crippen molar-refractivity contribution in [3.63, 3.8) is 0 Å². The zero-order chi connectivity index (χ0) is 40.3. The number of carboxylic acids is 1. The van der Waals surface area contributed by atoms with E-state index in [-0.39, 0.29) is 31.9 Å². The minimum Gasteiger partial charge on any atom is -0.480 e. The molecule has 17 nitrogen and oxygen atoms in total. The Morgan fingerprint density at radius 1 is 0.982 bits per heavy atom. The van der Waals surface area contributed by atoms with E-state index in [1.165, 1.54) is 6.33 Å². The minimum atomic E-state index is -1.26. The predicted molar refractivity (Wildman–Crippen MR) is 202 cm³/mol. The molecular weight excluding hydrogens is 736 g/mol. The molecule has 0 spiro atoms. The summed E-state index contributed by atoms with van der Waals surface area (Å²) in [7, 11) is 0. The van der Waals surface area contributed by atoms with E-state index >= 15 is 0 Å². The number of carboxylic acid groups (broad SMARTS) is 1. The maximum absolute atomic E-state index is 13.5. The monoisotopic (exact) mass is 788 g/mol. The molecule has 2 fully saturated rings. The molecule has 0 radical (unpaired) electrons. The van der Waals surface area contributed by atoms with Gasteiger partial charge in [-0.15, -0.1) is 0 Å². The third-order valence-electron chi connectivity index (χ3n) is 8.87. The van der Waals surface area contributed by atoms with E-state index in [1.807, 2.05) is 30.9 Å². The second-order valence-corrected chi connectivity index (χ2v) is 16.6. The van der Waals surface area contributed by atoms with Crippen molar-refractivity contribution in [3.8, 4) is 0 Å². The highest BCUT2D eigenvalue weighted by Gasteiger charge is 2.56. The molecule has 0 unspecified atom stereocenters. The lowest BCUT2D eigenvalue weighted by atomic mass is 10.1. The van der Waals surface area contributed by atoms with Crippen molar-refractivity contribution in [3.05, 3.63) is 47.5 Å². The Bertz CT molecular complexity index is 1810. The number of amides is 2. The summed E-state index contributed by atoms with van der Waals surface area (Å²) < 4.78 is 32.3. The molecule has 2 saturated heterocycles. The van der Waals surface area contributed by atoms with Crippen molar-refractivity contribution in [1.29, 1.82) is 0 Å². The van der Waals surface area contributed by atoms with Gasteiger partial charge in [-0.3, -0.25) is 9.47 Å². The van der Waals surface area contributed by atoms with Gasteiger partial charge in [0.1, 0.15) is 47.4 Å². The molecule has 0 aliphatic carbocycles. The molecule has 0 saturated carbocycles. The lowest BCUT2D eigenvalue weighted by Crippen LogP contribution is -2.48. The fraction of sp³-hybridized carbons (Fsp3) is 0.622. The van der Waals surface area contributed by atoms with E-state index in [1.54, 1.807) is 69.5 Å². The molecule has 2 aliphatic heterocycles. The van der Waals surface area contributed by atoms with Gasteiger partial charge in [-0.1, -0.05) is 23.7 Å². The van der Waals surface area contributed by atoms with Gasteiger partial charge >= 0.3 is 18.2 Å². The molecule has 55 heavy (non-hydrogen) atoms. The van der Waals surface area contributed by atoms with Crippen LogP contribution in [-0.4, -0.2) is 127 Å². The van der Waals surface area contributed by atoms with Crippen molar-refractivity contribution >= 4 is 46.7 Å². The van der Waals surface area contributed by atoms with Crippen LogP contribution in [0.3, 0.4) is 0 Å². The van der Waals surface area contributed by atoms with Gasteiger partial charge in [0.05, 0.1) is 6.33 Å². The molecular formula is C37H53ClN8O9. The Morgan fingerprint density at radius 3 is 2.31 bits per heavy atom. The topological polar surface area (TPSA) is 206 Å². The normalized spacial score (nSPS) is 21.3. The number of nitrogens with zero attached hydrogens (tertiary/aromatic N) is 6. The van der Waals surface area contributed by atoms with Crippen LogP contribution in [0.5, 0.6) is 0 Å². The number of imidazole rings is 1. The lowest BCUT2D eigenvalue weighted by molar-refractivity contribution is -0.198. The third-order valence-corrected chi connectivity index (χ3v) is 9.12. The summed E-state index contributed by atoms with van der Waals surface area (Å²) in [5.74, 6) is -1.93. The molecule has 302 valence electrons. The number of nitrogens with one attached hydrogen (secondary N) is 1. The molecule has 4 N–H and O–H groups in total. The minimum absolute atomic E-state index is 0.0151. The van der Waals surface area contributed by atoms with Crippen molar-refractivity contribution in [2.75, 3.05) is 38.5 Å². The second kappa shape index (κ2) is 16.8. The highest BCUT2D eigenvalue weighted by molar-refractivity contribution is 6.30. The first kappa shape index (κ1) is 41.9. The first-order chi connectivity index (χ1) is 25.7. The Hall–Kier alpha value is -4.29. The molecule has 4 heterocycles. The number of nitrogens with two attached hydrogens (primary N) is 1. The van der Waals surface area contributed by atoms with E-state index in [2.05, 4.69) is 20.3 Å². The average Bonchev–Trinajstić information content (AvgIpc) is 3.73. The highest BCUT2D eigenvalue weighted by atomic mass is 35.5. The number of aliphatic carboxylic acids is 1. The number of anilines is 1. The van der Waals surface area contributed by atoms with Gasteiger partial charge in [-0.05, 0) is 85.9 Å². The van der Waals surface area contributed by atoms with Crippen molar-refractivity contribution < 1.29 is 43.2 Å². The largest absolute Gasteiger partial charge is 0.480 e. The van der Waals surface area contributed by atoms with Crippen LogP contribution in [0.25, 0.3) is 11.2 Å². The number of fused-ring (bicyclic) bond motifs is 2. The van der Waals surface area contributed by atoms with Crippen LogP contribution in [-0.2, 0) is 34.9 Å². The number of rotatable bonds is 14. The highest BCUT2D eigenvalue weighted by Crippen LogP contribution is 2.44. The Morgan fingerprint density at radius 2 is 1.65 bits per heavy atom. The Labute approximate surface area is 325 Å². The second-order valence-electron chi connectivity index (χ2n) is 16.2. The van der Waals surface area contributed by atoms with Crippen LogP contribution < -0.4 is 11.1 Å². The predicted octanol–water partition coefficient (Wildman–Crippen LogP) is 4.63. The van der Waals surface area contributed by atoms with Gasteiger partial charge in [0.2, 0.25) is 0 Å². The summed E-state index contributed by atoms with van der Waals surface area (Å²) in [6.07, 6.45) is -0.230. The van der Waals surface area contributed by atoms with E-state index < -0.39 is 65.7 Å². The number of ether oxygens (including phenoxy) is 5. The molecule has 5 atom stereocenters. The van der Waals surface area contributed by atoms with Crippen LogP contribution in [0, 0.1) is 0 Å². The summed E-state index contributed by atoms with van der Waals surface area (Å²) in [5.41, 5.74) is 6.39. The van der Waals surface area contributed by atoms with E-state index in [9.17, 15) is 19.5 Å². The molecule has 2 amide bonds. The van der Waals surface area contributed by atoms with Gasteiger partial charge in [0.15, 0.2) is 23.5 Å². The number of carbonyl (C=O) groups excluding carboxylic acids is 2. The smallest absolute Gasteiger partial charge is 0.410 e. The number of hydrogen-bond donors (Lipinski definition) is 3. The Kier molecular flexibility index (Phi) is 12.8. The van der Waals surface area contributed by atoms with Crippen LogP contribution >= 0.6 is 11.6 Å². The Balaban J connectivity index is 1.39. The van der Waals surface area contributed by atoms with E-state index in [0.717, 1.165) is 5.56 Å². The van der Waals surface area contributed by atoms with Crippen LogP contribution in [0.15, 0.2) is 36.9 Å². The number of halogens is 1. The van der Waals surface area contributed by atoms with Gasteiger partial charge in [0.25, 0.3) is 0 Å². The molecule has 18 heteroatoms. The first-order valence-corrected chi connectivity index (χ1v) is 18.7. The molecule has 5 rings (SSSR count). The number of carbonyl (C=O) groups is 3. The average molecular weight is 789 g/mol. The number of hydrogen-bond acceptors (Lipinski definition) is 13.